The lowest BCUT2D eigenvalue weighted by molar-refractivity contribution is 0.0590. The number of carbonyl (C=O) groups is 1. The van der Waals surface area contributed by atoms with Gasteiger partial charge in [-0.1, -0.05) is 30.7 Å². The molecule has 0 spiro atoms. The minimum absolute atomic E-state index is 0.150. The first-order valence-corrected chi connectivity index (χ1v) is 14.2. The Hall–Kier alpha value is -4.03. The Balaban J connectivity index is 1.08. The van der Waals surface area contributed by atoms with Crippen molar-refractivity contribution in [3.63, 3.8) is 0 Å². The fourth-order valence-corrected chi connectivity index (χ4v) is 6.31. The lowest BCUT2D eigenvalue weighted by Gasteiger charge is -2.40. The number of imidazole rings is 1. The molecule has 0 saturated carbocycles. The van der Waals surface area contributed by atoms with Gasteiger partial charge in [-0.15, -0.1) is 0 Å². The topological polar surface area (TPSA) is 53.7 Å². The van der Waals surface area contributed by atoms with Gasteiger partial charge in [-0.2, -0.15) is 0 Å². The first-order chi connectivity index (χ1) is 19.2. The number of hydrogen-bond donors (Lipinski definition) is 0. The van der Waals surface area contributed by atoms with Crippen LogP contribution >= 0.6 is 0 Å². The van der Waals surface area contributed by atoms with Gasteiger partial charge in [0, 0.05) is 54.2 Å². The molecule has 196 valence electrons. The van der Waals surface area contributed by atoms with Gasteiger partial charge < -0.3 is 9.80 Å². The van der Waals surface area contributed by atoms with Crippen LogP contribution in [0.3, 0.4) is 0 Å². The summed E-state index contributed by atoms with van der Waals surface area (Å²) in [6.07, 6.45) is 14.0. The summed E-state index contributed by atoms with van der Waals surface area (Å²) < 4.78 is 2.14. The highest BCUT2D eigenvalue weighted by molar-refractivity contribution is 5.95. The van der Waals surface area contributed by atoms with Gasteiger partial charge in [0.1, 0.15) is 5.65 Å². The van der Waals surface area contributed by atoms with Gasteiger partial charge in [0.2, 0.25) is 0 Å². The van der Waals surface area contributed by atoms with Crippen LogP contribution in [0, 0.1) is 0 Å². The number of aromatic nitrogens is 3. The normalized spacial score (nSPS) is 17.2. The molecule has 6 nitrogen and oxygen atoms in total. The molecule has 0 unspecified atom stereocenters. The van der Waals surface area contributed by atoms with Crippen LogP contribution in [0.25, 0.3) is 38.8 Å². The van der Waals surface area contributed by atoms with E-state index in [2.05, 4.69) is 67.9 Å². The third-order valence-corrected chi connectivity index (χ3v) is 8.57. The fraction of sp³-hybridized carbons (Fsp3) is 0.303. The summed E-state index contributed by atoms with van der Waals surface area (Å²) in [5.74, 6) is 0.150. The Morgan fingerprint density at radius 3 is 2.33 bits per heavy atom. The lowest BCUT2D eigenvalue weighted by atomic mass is 9.99. The molecule has 2 aliphatic rings. The van der Waals surface area contributed by atoms with Crippen molar-refractivity contribution in [2.75, 3.05) is 26.2 Å². The van der Waals surface area contributed by atoms with E-state index in [0.29, 0.717) is 6.04 Å². The van der Waals surface area contributed by atoms with E-state index in [1.165, 1.54) is 32.4 Å². The molecule has 5 aromatic rings. The van der Waals surface area contributed by atoms with Crippen molar-refractivity contribution in [2.24, 2.45) is 0 Å². The Morgan fingerprint density at radius 1 is 0.744 bits per heavy atom. The van der Waals surface area contributed by atoms with Crippen LogP contribution in [0.1, 0.15) is 42.5 Å². The van der Waals surface area contributed by atoms with Gasteiger partial charge in [0.15, 0.2) is 0 Å². The molecule has 0 radical (unpaired) electrons. The number of nitrogens with zero attached hydrogens (tertiary/aromatic N) is 5. The number of carbonyl (C=O) groups excluding carboxylic acids is 1. The van der Waals surface area contributed by atoms with E-state index in [4.69, 9.17) is 0 Å². The van der Waals surface area contributed by atoms with Crippen LogP contribution in [0.5, 0.6) is 0 Å². The van der Waals surface area contributed by atoms with Crippen molar-refractivity contribution in [3.05, 3.63) is 91.0 Å². The van der Waals surface area contributed by atoms with Gasteiger partial charge in [-0.3, -0.25) is 14.2 Å². The van der Waals surface area contributed by atoms with E-state index in [1.54, 1.807) is 0 Å². The molecule has 1 amide bonds. The highest BCUT2D eigenvalue weighted by atomic mass is 16.2. The molecule has 0 aliphatic carbocycles. The predicted octanol–water partition coefficient (Wildman–Crippen LogP) is 6.31. The minimum atomic E-state index is 0.150. The largest absolute Gasteiger partial charge is 0.339 e. The summed E-state index contributed by atoms with van der Waals surface area (Å²) in [5, 5.41) is 2.28. The molecule has 0 N–H and O–H groups in total. The molecule has 0 atom stereocenters. The first kappa shape index (κ1) is 24.0. The minimum Gasteiger partial charge on any atom is -0.339 e. The number of benzene rings is 2. The lowest BCUT2D eigenvalue weighted by Crippen LogP contribution is -2.48. The highest BCUT2D eigenvalue weighted by Gasteiger charge is 2.28. The summed E-state index contributed by atoms with van der Waals surface area (Å²) in [6, 6.07) is 21.3. The maximum absolute atomic E-state index is 13.3. The van der Waals surface area contributed by atoms with Crippen molar-refractivity contribution >= 4 is 22.3 Å². The molecule has 2 saturated heterocycles. The zero-order valence-corrected chi connectivity index (χ0v) is 22.2. The number of fused-ring (bicyclic) bond motifs is 2. The molecular formula is C33H33N5O. The Morgan fingerprint density at radius 2 is 1.51 bits per heavy atom. The molecule has 39 heavy (non-hydrogen) atoms. The first-order valence-electron chi connectivity index (χ1n) is 14.2. The van der Waals surface area contributed by atoms with E-state index >= 15 is 0 Å². The summed E-state index contributed by atoms with van der Waals surface area (Å²) in [4.78, 5) is 26.8. The second kappa shape index (κ2) is 10.3. The second-order valence-corrected chi connectivity index (χ2v) is 10.9. The molecule has 5 heterocycles. The van der Waals surface area contributed by atoms with Crippen molar-refractivity contribution in [3.8, 4) is 22.4 Å². The third-order valence-electron chi connectivity index (χ3n) is 8.57. The van der Waals surface area contributed by atoms with E-state index < -0.39 is 0 Å². The van der Waals surface area contributed by atoms with Crippen molar-refractivity contribution in [2.45, 2.75) is 38.1 Å². The van der Waals surface area contributed by atoms with Crippen LogP contribution in [0.2, 0.25) is 0 Å². The maximum Gasteiger partial charge on any atom is 0.253 e. The quantitative estimate of drug-likeness (QED) is 0.282. The Labute approximate surface area is 228 Å². The summed E-state index contributed by atoms with van der Waals surface area (Å²) in [6.45, 7) is 4.17. The number of hydrogen-bond acceptors (Lipinski definition) is 4. The number of piperidine rings is 2. The number of amides is 1. The fourth-order valence-electron chi connectivity index (χ4n) is 6.31. The Bertz CT molecular complexity index is 1630. The van der Waals surface area contributed by atoms with E-state index in [1.807, 2.05) is 41.7 Å². The molecule has 3 aromatic heterocycles. The molecule has 2 aromatic carbocycles. The smallest absolute Gasteiger partial charge is 0.253 e. The molecule has 6 heteroatoms. The molecule has 2 fully saturated rings. The summed E-state index contributed by atoms with van der Waals surface area (Å²) in [5.41, 5.74) is 6.01. The zero-order valence-electron chi connectivity index (χ0n) is 22.2. The van der Waals surface area contributed by atoms with E-state index in [9.17, 15) is 4.79 Å². The van der Waals surface area contributed by atoms with E-state index in [0.717, 1.165) is 70.3 Å². The van der Waals surface area contributed by atoms with Gasteiger partial charge in [0.25, 0.3) is 5.91 Å². The summed E-state index contributed by atoms with van der Waals surface area (Å²) >= 11 is 0. The maximum atomic E-state index is 13.3. The molecule has 7 rings (SSSR count). The molecule has 2 aliphatic heterocycles. The van der Waals surface area contributed by atoms with Gasteiger partial charge in [-0.25, -0.2) is 4.98 Å². The third kappa shape index (κ3) is 4.70. The van der Waals surface area contributed by atoms with Gasteiger partial charge >= 0.3 is 0 Å². The standard InChI is InChI=1S/C33H33N5O/c39-33(37-18-13-30(14-19-37)36-16-2-1-3-17-36)25-6-4-24(5-7-25)29-10-11-32-35-22-31(38(32)23-29)27-8-9-28-21-34-15-12-26(28)20-27/h4-12,15,20-23,30H,1-3,13-14,16-19H2. The average molecular weight is 516 g/mol. The zero-order chi connectivity index (χ0) is 26.2. The van der Waals surface area contributed by atoms with Crippen molar-refractivity contribution < 1.29 is 4.79 Å². The monoisotopic (exact) mass is 515 g/mol. The Kier molecular flexibility index (Phi) is 6.33. The molecular weight excluding hydrogens is 482 g/mol. The number of likely N-dealkylation sites (tertiary alicyclic amines) is 2. The number of rotatable bonds is 4. The average Bonchev–Trinajstić information content (AvgIpc) is 3.44. The highest BCUT2D eigenvalue weighted by Crippen LogP contribution is 2.28. The van der Waals surface area contributed by atoms with Crippen LogP contribution < -0.4 is 0 Å². The van der Waals surface area contributed by atoms with Gasteiger partial charge in [0.05, 0.1) is 11.9 Å². The summed E-state index contributed by atoms with van der Waals surface area (Å²) in [7, 11) is 0. The second-order valence-electron chi connectivity index (χ2n) is 10.9. The molecule has 0 bridgehead atoms. The predicted molar refractivity (Wildman–Crippen MR) is 156 cm³/mol. The van der Waals surface area contributed by atoms with Crippen LogP contribution in [0.4, 0.5) is 0 Å². The van der Waals surface area contributed by atoms with Crippen molar-refractivity contribution in [1.29, 1.82) is 0 Å². The van der Waals surface area contributed by atoms with Gasteiger partial charge in [-0.05, 0) is 91.7 Å². The number of pyridine rings is 2. The van der Waals surface area contributed by atoms with Crippen LogP contribution in [0.15, 0.2) is 85.5 Å². The van der Waals surface area contributed by atoms with E-state index in [-0.39, 0.29) is 5.91 Å². The van der Waals surface area contributed by atoms with Crippen molar-refractivity contribution in [1.82, 2.24) is 24.2 Å². The SMILES string of the molecule is O=C(c1ccc(-c2ccc3ncc(-c4ccc5cnccc5c4)n3c2)cc1)N1CCC(N2CCCCC2)CC1. The van der Waals surface area contributed by atoms with Crippen LogP contribution in [-0.4, -0.2) is 62.3 Å². The van der Waals surface area contributed by atoms with Crippen LogP contribution in [-0.2, 0) is 0 Å².